The van der Waals surface area contributed by atoms with Gasteiger partial charge in [0.25, 0.3) is 5.91 Å². The van der Waals surface area contributed by atoms with Gasteiger partial charge in [0.05, 0.1) is 4.88 Å². The first-order valence-electron chi connectivity index (χ1n) is 6.17. The van der Waals surface area contributed by atoms with Crippen molar-refractivity contribution in [2.45, 2.75) is 18.6 Å². The molecule has 2 heterocycles. The minimum absolute atomic E-state index is 0.0402. The van der Waals surface area contributed by atoms with Gasteiger partial charge in [0.2, 0.25) is 5.91 Å². The van der Waals surface area contributed by atoms with Crippen molar-refractivity contribution in [3.05, 3.63) is 21.9 Å². The normalized spacial score (nSPS) is 18.6. The number of carboxylic acids is 1. The molecule has 1 aromatic rings. The second-order valence-electron chi connectivity index (χ2n) is 4.66. The summed E-state index contributed by atoms with van der Waals surface area (Å²) < 4.78 is 36.8. The molecule has 2 rings (SSSR count). The SMILES string of the molecule is O=C(O)c1ccc(C(=O)N[C@H]2CCN(CC(F)(F)F)C2=O)s1. The fourth-order valence-electron chi connectivity index (χ4n) is 2.05. The van der Waals surface area contributed by atoms with Crippen molar-refractivity contribution in [3.63, 3.8) is 0 Å². The van der Waals surface area contributed by atoms with E-state index in [9.17, 15) is 27.6 Å². The Hall–Kier alpha value is -2.10. The second-order valence-corrected chi connectivity index (χ2v) is 5.74. The van der Waals surface area contributed by atoms with E-state index in [4.69, 9.17) is 5.11 Å². The smallest absolute Gasteiger partial charge is 0.406 e. The van der Waals surface area contributed by atoms with Crippen molar-refractivity contribution in [1.29, 1.82) is 0 Å². The number of nitrogens with one attached hydrogen (secondary N) is 1. The number of carbonyl (C=O) groups is 3. The number of nitrogens with zero attached hydrogens (tertiary/aromatic N) is 1. The molecule has 1 aliphatic heterocycles. The third-order valence-corrected chi connectivity index (χ3v) is 4.09. The number of alkyl halides is 3. The van der Waals surface area contributed by atoms with Gasteiger partial charge in [-0.25, -0.2) is 4.79 Å². The van der Waals surface area contributed by atoms with Crippen molar-refractivity contribution in [1.82, 2.24) is 10.2 Å². The molecule has 120 valence electrons. The van der Waals surface area contributed by atoms with E-state index in [-0.39, 0.29) is 22.7 Å². The van der Waals surface area contributed by atoms with Gasteiger partial charge in [-0.15, -0.1) is 11.3 Å². The van der Waals surface area contributed by atoms with Crippen LogP contribution in [-0.2, 0) is 4.79 Å². The average molecular weight is 336 g/mol. The number of amides is 2. The number of carbonyl (C=O) groups excluding carboxylic acids is 2. The van der Waals surface area contributed by atoms with Gasteiger partial charge in [-0.3, -0.25) is 9.59 Å². The Balaban J connectivity index is 1.97. The highest BCUT2D eigenvalue weighted by Crippen LogP contribution is 2.22. The van der Waals surface area contributed by atoms with Crippen LogP contribution in [0.1, 0.15) is 25.8 Å². The predicted octanol–water partition coefficient (Wildman–Crippen LogP) is 1.34. The van der Waals surface area contributed by atoms with E-state index in [0.717, 1.165) is 11.3 Å². The maximum atomic E-state index is 12.3. The molecule has 10 heteroatoms. The van der Waals surface area contributed by atoms with Crippen molar-refractivity contribution < 1.29 is 32.7 Å². The van der Waals surface area contributed by atoms with Crippen LogP contribution in [0, 0.1) is 0 Å². The van der Waals surface area contributed by atoms with Crippen molar-refractivity contribution in [2.75, 3.05) is 13.1 Å². The Bertz CT molecular complexity index is 614. The first kappa shape index (κ1) is 16.3. The summed E-state index contributed by atoms with van der Waals surface area (Å²) in [6.45, 7) is -1.44. The van der Waals surface area contributed by atoms with Gasteiger partial charge >= 0.3 is 12.1 Å². The molecule has 1 aromatic heterocycles. The van der Waals surface area contributed by atoms with Crippen LogP contribution < -0.4 is 5.32 Å². The van der Waals surface area contributed by atoms with Crippen LogP contribution in [0.2, 0.25) is 0 Å². The van der Waals surface area contributed by atoms with Gasteiger partial charge in [-0.2, -0.15) is 13.2 Å². The molecule has 0 radical (unpaired) electrons. The third kappa shape index (κ3) is 3.75. The first-order valence-corrected chi connectivity index (χ1v) is 6.98. The molecular weight excluding hydrogens is 325 g/mol. The number of likely N-dealkylation sites (tertiary alicyclic amines) is 1. The molecule has 6 nitrogen and oxygen atoms in total. The number of hydrogen-bond donors (Lipinski definition) is 2. The lowest BCUT2D eigenvalue weighted by atomic mass is 10.2. The Morgan fingerprint density at radius 2 is 2.00 bits per heavy atom. The van der Waals surface area contributed by atoms with Gasteiger partial charge < -0.3 is 15.3 Å². The predicted molar refractivity (Wildman–Crippen MR) is 69.8 cm³/mol. The Morgan fingerprint density at radius 1 is 1.36 bits per heavy atom. The zero-order valence-electron chi connectivity index (χ0n) is 11.0. The number of carboxylic acid groups (broad SMARTS) is 1. The summed E-state index contributed by atoms with van der Waals surface area (Å²) in [5.74, 6) is -2.65. The monoisotopic (exact) mass is 336 g/mol. The maximum absolute atomic E-state index is 12.3. The summed E-state index contributed by atoms with van der Waals surface area (Å²) >= 11 is 0.728. The largest absolute Gasteiger partial charge is 0.477 e. The van der Waals surface area contributed by atoms with Gasteiger partial charge in [-0.1, -0.05) is 0 Å². The summed E-state index contributed by atoms with van der Waals surface area (Å²) in [5.41, 5.74) is 0. The van der Waals surface area contributed by atoms with E-state index >= 15 is 0 Å². The fraction of sp³-hybridized carbons (Fsp3) is 0.417. The van der Waals surface area contributed by atoms with E-state index in [1.807, 2.05) is 0 Å². The molecule has 0 aromatic carbocycles. The quantitative estimate of drug-likeness (QED) is 0.869. The summed E-state index contributed by atoms with van der Waals surface area (Å²) in [6, 6.07) is 1.51. The van der Waals surface area contributed by atoms with Gasteiger partial charge in [-0.05, 0) is 18.6 Å². The van der Waals surface area contributed by atoms with E-state index in [1.165, 1.54) is 12.1 Å². The standard InChI is InChI=1S/C12H11F3N2O4S/c13-12(14,15)5-17-4-3-6(10(17)19)16-9(18)7-1-2-8(22-7)11(20)21/h1-2,6H,3-5H2,(H,16,18)(H,20,21)/t6-/m0/s1. The zero-order chi connectivity index (χ0) is 16.5. The Kier molecular flexibility index (Phi) is 4.40. The summed E-state index contributed by atoms with van der Waals surface area (Å²) in [6.07, 6.45) is -4.41. The molecule has 1 saturated heterocycles. The topological polar surface area (TPSA) is 86.7 Å². The molecule has 2 N–H and O–H groups in total. The minimum Gasteiger partial charge on any atom is -0.477 e. The Labute approximate surface area is 126 Å². The molecule has 1 fully saturated rings. The molecule has 0 bridgehead atoms. The summed E-state index contributed by atoms with van der Waals surface area (Å²) in [7, 11) is 0. The fourth-order valence-corrected chi connectivity index (χ4v) is 2.80. The molecule has 0 spiro atoms. The van der Waals surface area contributed by atoms with Crippen LogP contribution in [0.3, 0.4) is 0 Å². The molecule has 0 saturated carbocycles. The molecule has 2 amide bonds. The number of rotatable bonds is 4. The number of hydrogen-bond acceptors (Lipinski definition) is 4. The third-order valence-electron chi connectivity index (χ3n) is 3.01. The van der Waals surface area contributed by atoms with E-state index in [1.54, 1.807) is 0 Å². The number of thiophene rings is 1. The minimum atomic E-state index is -4.49. The zero-order valence-corrected chi connectivity index (χ0v) is 11.8. The highest BCUT2D eigenvalue weighted by molar-refractivity contribution is 7.15. The first-order chi connectivity index (χ1) is 10.2. The van der Waals surface area contributed by atoms with Crippen LogP contribution in [0.15, 0.2) is 12.1 Å². The van der Waals surface area contributed by atoms with E-state index in [2.05, 4.69) is 5.32 Å². The van der Waals surface area contributed by atoms with Crippen LogP contribution >= 0.6 is 11.3 Å². The van der Waals surface area contributed by atoms with Gasteiger partial charge in [0, 0.05) is 6.54 Å². The molecule has 0 aliphatic carbocycles. The maximum Gasteiger partial charge on any atom is 0.406 e. The number of halogens is 3. The van der Waals surface area contributed by atoms with Crippen LogP contribution in [0.5, 0.6) is 0 Å². The lowest BCUT2D eigenvalue weighted by Crippen LogP contribution is -2.43. The highest BCUT2D eigenvalue weighted by atomic mass is 32.1. The lowest BCUT2D eigenvalue weighted by molar-refractivity contribution is -0.157. The molecule has 22 heavy (non-hydrogen) atoms. The Morgan fingerprint density at radius 3 is 2.55 bits per heavy atom. The van der Waals surface area contributed by atoms with Crippen LogP contribution in [-0.4, -0.2) is 53.1 Å². The number of aromatic carboxylic acids is 1. The van der Waals surface area contributed by atoms with Crippen LogP contribution in [0.4, 0.5) is 13.2 Å². The highest BCUT2D eigenvalue weighted by Gasteiger charge is 2.39. The van der Waals surface area contributed by atoms with Crippen molar-refractivity contribution in [3.8, 4) is 0 Å². The van der Waals surface area contributed by atoms with E-state index < -0.39 is 36.5 Å². The summed E-state index contributed by atoms with van der Waals surface area (Å²) in [4.78, 5) is 35.1. The van der Waals surface area contributed by atoms with Crippen molar-refractivity contribution >= 4 is 29.1 Å². The summed E-state index contributed by atoms with van der Waals surface area (Å²) in [5, 5.41) is 11.1. The van der Waals surface area contributed by atoms with Crippen LogP contribution in [0.25, 0.3) is 0 Å². The molecule has 1 atom stereocenters. The lowest BCUT2D eigenvalue weighted by Gasteiger charge is -2.18. The molecule has 1 aliphatic rings. The average Bonchev–Trinajstić information content (AvgIpc) is 2.99. The van der Waals surface area contributed by atoms with E-state index in [0.29, 0.717) is 4.90 Å². The van der Waals surface area contributed by atoms with Crippen molar-refractivity contribution in [2.24, 2.45) is 0 Å². The molecule has 0 unspecified atom stereocenters. The van der Waals surface area contributed by atoms with Gasteiger partial charge in [0.15, 0.2) is 0 Å². The second kappa shape index (κ2) is 5.95. The van der Waals surface area contributed by atoms with Gasteiger partial charge in [0.1, 0.15) is 17.5 Å². The molecular formula is C12H11F3N2O4S.